The van der Waals surface area contributed by atoms with Crippen LogP contribution in [0.25, 0.3) is 0 Å². The highest BCUT2D eigenvalue weighted by Crippen LogP contribution is 2.21. The zero-order chi connectivity index (χ0) is 16.6. The molecule has 0 N–H and O–H groups in total. The van der Waals surface area contributed by atoms with Gasteiger partial charge >= 0.3 is 0 Å². The van der Waals surface area contributed by atoms with Crippen molar-refractivity contribution in [2.75, 3.05) is 6.61 Å². The van der Waals surface area contributed by atoms with Crippen LogP contribution >= 0.6 is 15.9 Å². The maximum atomic E-state index is 5.89. The Morgan fingerprint density at radius 1 is 0.739 bits per heavy atom. The van der Waals surface area contributed by atoms with Crippen molar-refractivity contribution in [2.24, 2.45) is 0 Å². The molecular weight excluding hydrogens is 348 g/mol. The minimum absolute atomic E-state index is 0.849. The van der Waals surface area contributed by atoms with Crippen LogP contribution in [-0.2, 0) is 5.33 Å². The van der Waals surface area contributed by atoms with E-state index in [9.17, 15) is 0 Å². The summed E-state index contributed by atoms with van der Waals surface area (Å²) in [6.45, 7) is 3.13. The molecule has 0 saturated carbocycles. The molecule has 0 amide bonds. The number of ether oxygens (including phenoxy) is 1. The average Bonchev–Trinajstić information content (AvgIpc) is 2.59. The number of unbranched alkanes of at least 4 members (excludes halogenated alkanes) is 11. The zero-order valence-corrected chi connectivity index (χ0v) is 16.6. The Kier molecular flexibility index (Phi) is 13.4. The van der Waals surface area contributed by atoms with Gasteiger partial charge in [-0.2, -0.15) is 0 Å². The predicted molar refractivity (Wildman–Crippen MR) is 106 cm³/mol. The first-order valence-corrected chi connectivity index (χ1v) is 10.8. The summed E-state index contributed by atoms with van der Waals surface area (Å²) < 4.78 is 5.89. The van der Waals surface area contributed by atoms with Crippen molar-refractivity contribution in [3.63, 3.8) is 0 Å². The topological polar surface area (TPSA) is 9.23 Å². The maximum absolute atomic E-state index is 5.89. The molecule has 132 valence electrons. The monoisotopic (exact) mass is 382 g/mol. The van der Waals surface area contributed by atoms with Gasteiger partial charge in [0.2, 0.25) is 0 Å². The van der Waals surface area contributed by atoms with Crippen molar-refractivity contribution in [1.29, 1.82) is 0 Å². The van der Waals surface area contributed by atoms with Crippen LogP contribution in [0.4, 0.5) is 0 Å². The van der Waals surface area contributed by atoms with E-state index >= 15 is 0 Å². The quantitative estimate of drug-likeness (QED) is 0.223. The van der Waals surface area contributed by atoms with Crippen molar-refractivity contribution in [1.82, 2.24) is 0 Å². The summed E-state index contributed by atoms with van der Waals surface area (Å²) in [5, 5.41) is 0.863. The molecule has 23 heavy (non-hydrogen) atoms. The molecule has 0 radical (unpaired) electrons. The van der Waals surface area contributed by atoms with Crippen molar-refractivity contribution >= 4 is 15.9 Å². The van der Waals surface area contributed by atoms with Crippen LogP contribution in [0.15, 0.2) is 24.3 Å². The van der Waals surface area contributed by atoms with E-state index in [2.05, 4.69) is 41.1 Å². The van der Waals surface area contributed by atoms with E-state index in [1.54, 1.807) is 0 Å². The van der Waals surface area contributed by atoms with Crippen LogP contribution in [0.2, 0.25) is 0 Å². The van der Waals surface area contributed by atoms with E-state index < -0.39 is 0 Å². The third kappa shape index (κ3) is 10.8. The van der Waals surface area contributed by atoms with E-state index in [-0.39, 0.29) is 0 Å². The minimum Gasteiger partial charge on any atom is -0.493 e. The molecule has 1 nitrogen and oxygen atoms in total. The largest absolute Gasteiger partial charge is 0.493 e. The normalized spacial score (nSPS) is 10.9. The fourth-order valence-corrected chi connectivity index (χ4v) is 3.34. The van der Waals surface area contributed by atoms with E-state index in [4.69, 9.17) is 4.74 Å². The molecule has 0 aliphatic carbocycles. The van der Waals surface area contributed by atoms with Gasteiger partial charge in [0.15, 0.2) is 0 Å². The molecule has 0 aliphatic rings. The van der Waals surface area contributed by atoms with Crippen LogP contribution in [0.3, 0.4) is 0 Å². The standard InChI is InChI=1S/C21H35BrO/c1-2-3-4-5-6-7-8-9-10-11-12-15-18-23-21-17-14-13-16-20(21)19-22/h13-14,16-17H,2-12,15,18-19H2,1H3. The number of alkyl halides is 1. The Bertz CT molecular complexity index is 378. The van der Waals surface area contributed by atoms with E-state index in [0.717, 1.165) is 17.7 Å². The number of hydrogen-bond donors (Lipinski definition) is 0. The Labute approximate surface area is 152 Å². The molecule has 0 unspecified atom stereocenters. The number of hydrogen-bond acceptors (Lipinski definition) is 1. The third-order valence-corrected chi connectivity index (χ3v) is 4.98. The summed E-state index contributed by atoms with van der Waals surface area (Å²) in [6.07, 6.45) is 16.6. The summed E-state index contributed by atoms with van der Waals surface area (Å²) >= 11 is 3.51. The Morgan fingerprint density at radius 3 is 1.83 bits per heavy atom. The van der Waals surface area contributed by atoms with Crippen molar-refractivity contribution in [2.45, 2.75) is 89.3 Å². The van der Waals surface area contributed by atoms with Gasteiger partial charge in [0.1, 0.15) is 5.75 Å². The van der Waals surface area contributed by atoms with Crippen LogP contribution < -0.4 is 4.74 Å². The van der Waals surface area contributed by atoms with Gasteiger partial charge in [-0.05, 0) is 12.5 Å². The Balaban J connectivity index is 1.86. The fraction of sp³-hybridized carbons (Fsp3) is 0.714. The smallest absolute Gasteiger partial charge is 0.123 e. The lowest BCUT2D eigenvalue weighted by atomic mass is 10.1. The van der Waals surface area contributed by atoms with Crippen LogP contribution in [0.1, 0.15) is 89.5 Å². The predicted octanol–water partition coefficient (Wildman–Crippen LogP) is 7.66. The summed E-state index contributed by atoms with van der Waals surface area (Å²) in [6, 6.07) is 8.29. The second-order valence-corrected chi connectivity index (χ2v) is 7.04. The molecule has 0 spiro atoms. The molecule has 1 rings (SSSR count). The molecule has 1 aromatic carbocycles. The minimum atomic E-state index is 0.849. The van der Waals surface area contributed by atoms with Gasteiger partial charge in [-0.3, -0.25) is 0 Å². The van der Waals surface area contributed by atoms with Crippen LogP contribution in [-0.4, -0.2) is 6.61 Å². The first kappa shape index (κ1) is 20.5. The number of benzene rings is 1. The van der Waals surface area contributed by atoms with Gasteiger partial charge < -0.3 is 4.74 Å². The van der Waals surface area contributed by atoms with Gasteiger partial charge in [0.05, 0.1) is 6.61 Å². The molecule has 0 aliphatic heterocycles. The van der Waals surface area contributed by atoms with Crippen molar-refractivity contribution < 1.29 is 4.74 Å². The molecule has 0 bridgehead atoms. The Morgan fingerprint density at radius 2 is 1.26 bits per heavy atom. The fourth-order valence-electron chi connectivity index (χ4n) is 2.88. The van der Waals surface area contributed by atoms with Crippen molar-refractivity contribution in [3.8, 4) is 5.75 Å². The summed E-state index contributed by atoms with van der Waals surface area (Å²) in [7, 11) is 0. The van der Waals surface area contributed by atoms with Crippen molar-refractivity contribution in [3.05, 3.63) is 29.8 Å². The summed E-state index contributed by atoms with van der Waals surface area (Å²) in [5.41, 5.74) is 1.24. The lowest BCUT2D eigenvalue weighted by molar-refractivity contribution is 0.302. The first-order valence-electron chi connectivity index (χ1n) is 9.65. The summed E-state index contributed by atoms with van der Waals surface area (Å²) in [4.78, 5) is 0. The highest BCUT2D eigenvalue weighted by atomic mass is 79.9. The molecule has 1 aromatic rings. The van der Waals surface area contributed by atoms with Gasteiger partial charge in [-0.15, -0.1) is 0 Å². The highest BCUT2D eigenvalue weighted by molar-refractivity contribution is 9.08. The molecule has 0 atom stereocenters. The molecule has 0 aromatic heterocycles. The Hall–Kier alpha value is -0.500. The lowest BCUT2D eigenvalue weighted by Gasteiger charge is -2.09. The van der Waals surface area contributed by atoms with Crippen LogP contribution in [0.5, 0.6) is 5.75 Å². The highest BCUT2D eigenvalue weighted by Gasteiger charge is 2.00. The second-order valence-electron chi connectivity index (χ2n) is 6.48. The molecule has 2 heteroatoms. The van der Waals surface area contributed by atoms with E-state index in [1.807, 2.05) is 6.07 Å². The average molecular weight is 383 g/mol. The second kappa shape index (κ2) is 15.1. The number of para-hydroxylation sites is 1. The molecule has 0 heterocycles. The van der Waals surface area contributed by atoms with E-state index in [0.29, 0.717) is 0 Å². The van der Waals surface area contributed by atoms with E-state index in [1.165, 1.54) is 82.6 Å². The van der Waals surface area contributed by atoms with Crippen LogP contribution in [0, 0.1) is 0 Å². The molecule has 0 saturated heterocycles. The zero-order valence-electron chi connectivity index (χ0n) is 15.0. The molecule has 0 fully saturated rings. The van der Waals surface area contributed by atoms with Gasteiger partial charge in [-0.1, -0.05) is 112 Å². The van der Waals surface area contributed by atoms with Gasteiger partial charge in [0.25, 0.3) is 0 Å². The third-order valence-electron chi connectivity index (χ3n) is 4.37. The maximum Gasteiger partial charge on any atom is 0.123 e. The SMILES string of the molecule is CCCCCCCCCCCCCCOc1ccccc1CBr. The van der Waals surface area contributed by atoms with Gasteiger partial charge in [0, 0.05) is 10.9 Å². The first-order chi connectivity index (χ1) is 11.4. The summed E-state index contributed by atoms with van der Waals surface area (Å²) in [5.74, 6) is 1.03. The molecular formula is C21H35BrO. The lowest BCUT2D eigenvalue weighted by Crippen LogP contribution is -1.99. The number of rotatable bonds is 15. The number of halogens is 1. The van der Waals surface area contributed by atoms with Gasteiger partial charge in [-0.25, -0.2) is 0 Å².